The van der Waals surface area contributed by atoms with E-state index in [1.165, 1.54) is 4.90 Å². The molecule has 0 aromatic heterocycles. The second-order valence-corrected chi connectivity index (χ2v) is 6.63. The Morgan fingerprint density at radius 1 is 1.26 bits per heavy atom. The van der Waals surface area contributed by atoms with Gasteiger partial charge in [-0.25, -0.2) is 0 Å². The van der Waals surface area contributed by atoms with Crippen LogP contribution in [-0.4, -0.2) is 42.4 Å². The minimum Gasteiger partial charge on any atom is -0.378 e. The first-order chi connectivity index (χ1) is 9.15. The molecule has 1 aliphatic rings. The first kappa shape index (κ1) is 14.4. The molecular formula is C15H21NO2S. The van der Waals surface area contributed by atoms with Crippen LogP contribution in [-0.2, 0) is 16.0 Å². The van der Waals surface area contributed by atoms with E-state index in [1.54, 1.807) is 0 Å². The van der Waals surface area contributed by atoms with Crippen molar-refractivity contribution in [3.8, 4) is 0 Å². The van der Waals surface area contributed by atoms with Crippen molar-refractivity contribution < 1.29 is 9.53 Å². The molecule has 1 amide bonds. The summed E-state index contributed by atoms with van der Waals surface area (Å²) in [6.45, 7) is 7.13. The number of carbonyl (C=O) groups excluding carboxylic acids is 1. The van der Waals surface area contributed by atoms with E-state index in [4.69, 9.17) is 4.74 Å². The SMILES string of the molecule is CC(C)Sc1ccc(CC(=O)N2CCOCC2)cc1. The average molecular weight is 279 g/mol. The summed E-state index contributed by atoms with van der Waals surface area (Å²) in [5.74, 6) is 0.201. The van der Waals surface area contributed by atoms with Crippen LogP contribution in [0.4, 0.5) is 0 Å². The zero-order valence-corrected chi connectivity index (χ0v) is 12.4. The second-order valence-electron chi connectivity index (χ2n) is 4.98. The van der Waals surface area contributed by atoms with E-state index in [1.807, 2.05) is 16.7 Å². The molecule has 0 saturated carbocycles. The highest BCUT2D eigenvalue weighted by atomic mass is 32.2. The molecule has 1 fully saturated rings. The van der Waals surface area contributed by atoms with Crippen molar-refractivity contribution in [2.45, 2.75) is 30.4 Å². The van der Waals surface area contributed by atoms with Gasteiger partial charge in [-0.2, -0.15) is 0 Å². The predicted octanol–water partition coefficient (Wildman–Crippen LogP) is 2.59. The summed E-state index contributed by atoms with van der Waals surface area (Å²) in [7, 11) is 0. The first-order valence-electron chi connectivity index (χ1n) is 6.76. The van der Waals surface area contributed by atoms with E-state index >= 15 is 0 Å². The molecule has 19 heavy (non-hydrogen) atoms. The van der Waals surface area contributed by atoms with Crippen LogP contribution in [0.3, 0.4) is 0 Å². The molecule has 2 rings (SSSR count). The Bertz CT molecular complexity index is 411. The molecule has 0 bridgehead atoms. The molecule has 3 nitrogen and oxygen atoms in total. The molecule has 1 aliphatic heterocycles. The van der Waals surface area contributed by atoms with E-state index in [9.17, 15) is 4.79 Å². The fourth-order valence-electron chi connectivity index (χ4n) is 2.06. The van der Waals surface area contributed by atoms with Gasteiger partial charge in [-0.15, -0.1) is 11.8 Å². The van der Waals surface area contributed by atoms with Crippen molar-refractivity contribution in [2.24, 2.45) is 0 Å². The third kappa shape index (κ3) is 4.55. The number of rotatable bonds is 4. The van der Waals surface area contributed by atoms with Gasteiger partial charge in [0.2, 0.25) is 5.91 Å². The maximum absolute atomic E-state index is 12.1. The molecule has 1 heterocycles. The van der Waals surface area contributed by atoms with Gasteiger partial charge in [-0.3, -0.25) is 4.79 Å². The normalized spacial score (nSPS) is 15.8. The van der Waals surface area contributed by atoms with Crippen LogP contribution in [0, 0.1) is 0 Å². The second kappa shape index (κ2) is 6.96. The minimum atomic E-state index is 0.201. The van der Waals surface area contributed by atoms with Gasteiger partial charge in [0.25, 0.3) is 0 Å². The summed E-state index contributed by atoms with van der Waals surface area (Å²) in [6, 6.07) is 8.32. The third-order valence-electron chi connectivity index (χ3n) is 3.01. The summed E-state index contributed by atoms with van der Waals surface area (Å²) in [5.41, 5.74) is 1.09. The molecule has 0 atom stereocenters. The summed E-state index contributed by atoms with van der Waals surface area (Å²) in [4.78, 5) is 15.2. The van der Waals surface area contributed by atoms with Gasteiger partial charge >= 0.3 is 0 Å². The van der Waals surface area contributed by atoms with Gasteiger partial charge in [0, 0.05) is 23.2 Å². The first-order valence-corrected chi connectivity index (χ1v) is 7.64. The lowest BCUT2D eigenvalue weighted by molar-refractivity contribution is -0.134. The Hall–Kier alpha value is -1.00. The summed E-state index contributed by atoms with van der Waals surface area (Å²) in [6.07, 6.45) is 0.493. The fraction of sp³-hybridized carbons (Fsp3) is 0.533. The molecule has 0 radical (unpaired) electrons. The highest BCUT2D eigenvalue weighted by Gasteiger charge is 2.16. The van der Waals surface area contributed by atoms with Crippen molar-refractivity contribution in [3.63, 3.8) is 0 Å². The molecule has 4 heteroatoms. The maximum Gasteiger partial charge on any atom is 0.227 e. The number of benzene rings is 1. The van der Waals surface area contributed by atoms with Crippen LogP contribution in [0.2, 0.25) is 0 Å². The van der Waals surface area contributed by atoms with Crippen LogP contribution in [0.15, 0.2) is 29.2 Å². The van der Waals surface area contributed by atoms with Crippen molar-refractivity contribution in [2.75, 3.05) is 26.3 Å². The Labute approximate surface area is 119 Å². The largest absolute Gasteiger partial charge is 0.378 e. The topological polar surface area (TPSA) is 29.5 Å². The number of amides is 1. The van der Waals surface area contributed by atoms with Gasteiger partial charge in [0.1, 0.15) is 0 Å². The van der Waals surface area contributed by atoms with E-state index in [-0.39, 0.29) is 5.91 Å². The van der Waals surface area contributed by atoms with Gasteiger partial charge in [-0.05, 0) is 17.7 Å². The fourth-order valence-corrected chi connectivity index (χ4v) is 2.89. The Balaban J connectivity index is 1.89. The predicted molar refractivity (Wildman–Crippen MR) is 78.5 cm³/mol. The Morgan fingerprint density at radius 3 is 2.47 bits per heavy atom. The zero-order valence-electron chi connectivity index (χ0n) is 11.6. The lowest BCUT2D eigenvalue weighted by Crippen LogP contribution is -2.41. The van der Waals surface area contributed by atoms with E-state index in [0.29, 0.717) is 24.9 Å². The number of hydrogen-bond donors (Lipinski definition) is 0. The molecular weight excluding hydrogens is 258 g/mol. The summed E-state index contributed by atoms with van der Waals surface area (Å²) >= 11 is 1.84. The minimum absolute atomic E-state index is 0.201. The summed E-state index contributed by atoms with van der Waals surface area (Å²) < 4.78 is 5.26. The number of nitrogens with zero attached hydrogens (tertiary/aromatic N) is 1. The van der Waals surface area contributed by atoms with Crippen LogP contribution >= 0.6 is 11.8 Å². The molecule has 1 aromatic carbocycles. The molecule has 1 saturated heterocycles. The maximum atomic E-state index is 12.1. The Morgan fingerprint density at radius 2 is 1.89 bits per heavy atom. The zero-order chi connectivity index (χ0) is 13.7. The molecule has 0 N–H and O–H groups in total. The average Bonchev–Trinajstić information content (AvgIpc) is 2.41. The van der Waals surface area contributed by atoms with Gasteiger partial charge in [-0.1, -0.05) is 26.0 Å². The molecule has 1 aromatic rings. The van der Waals surface area contributed by atoms with Crippen molar-refractivity contribution in [1.82, 2.24) is 4.90 Å². The monoisotopic (exact) mass is 279 g/mol. The molecule has 0 spiro atoms. The standard InChI is InChI=1S/C15H21NO2S/c1-12(2)19-14-5-3-13(4-6-14)11-15(17)16-7-9-18-10-8-16/h3-6,12H,7-11H2,1-2H3. The van der Waals surface area contributed by atoms with Crippen molar-refractivity contribution in [3.05, 3.63) is 29.8 Å². The summed E-state index contributed by atoms with van der Waals surface area (Å²) in [5, 5.41) is 0.584. The number of carbonyl (C=O) groups is 1. The van der Waals surface area contributed by atoms with Crippen LogP contribution in [0.5, 0.6) is 0 Å². The van der Waals surface area contributed by atoms with Crippen LogP contribution in [0.25, 0.3) is 0 Å². The van der Waals surface area contributed by atoms with E-state index < -0.39 is 0 Å². The van der Waals surface area contributed by atoms with E-state index in [2.05, 4.69) is 38.1 Å². The lowest BCUT2D eigenvalue weighted by atomic mass is 10.1. The highest BCUT2D eigenvalue weighted by molar-refractivity contribution is 7.99. The van der Waals surface area contributed by atoms with Crippen molar-refractivity contribution in [1.29, 1.82) is 0 Å². The third-order valence-corrected chi connectivity index (χ3v) is 4.03. The van der Waals surface area contributed by atoms with E-state index in [0.717, 1.165) is 18.7 Å². The number of thioether (sulfide) groups is 1. The van der Waals surface area contributed by atoms with Crippen LogP contribution in [0.1, 0.15) is 19.4 Å². The van der Waals surface area contributed by atoms with Crippen molar-refractivity contribution >= 4 is 17.7 Å². The molecule has 104 valence electrons. The van der Waals surface area contributed by atoms with Gasteiger partial charge in [0.15, 0.2) is 0 Å². The van der Waals surface area contributed by atoms with Crippen LogP contribution < -0.4 is 0 Å². The van der Waals surface area contributed by atoms with Gasteiger partial charge < -0.3 is 9.64 Å². The molecule has 0 aliphatic carbocycles. The quantitative estimate of drug-likeness (QED) is 0.793. The number of morpholine rings is 1. The highest BCUT2D eigenvalue weighted by Crippen LogP contribution is 2.23. The van der Waals surface area contributed by atoms with Gasteiger partial charge in [0.05, 0.1) is 19.6 Å². The number of ether oxygens (including phenoxy) is 1. The number of hydrogen-bond acceptors (Lipinski definition) is 3. The molecule has 0 unspecified atom stereocenters. The smallest absolute Gasteiger partial charge is 0.227 e. The lowest BCUT2D eigenvalue weighted by Gasteiger charge is -2.26. The Kier molecular flexibility index (Phi) is 5.28.